The van der Waals surface area contributed by atoms with Gasteiger partial charge in [0, 0.05) is 6.61 Å². The molecule has 0 aromatic heterocycles. The van der Waals surface area contributed by atoms with Gasteiger partial charge in [-0.05, 0) is 51.7 Å². The Hall–Kier alpha value is 0.571. The molecule has 0 aromatic carbocycles. The Morgan fingerprint density at radius 2 is 1.47 bits per heavy atom. The molecule has 2 nitrogen and oxygen atoms in total. The van der Waals surface area contributed by atoms with Gasteiger partial charge in [-0.1, -0.05) is 6.42 Å². The summed E-state index contributed by atoms with van der Waals surface area (Å²) in [6, 6.07) is 1.31. The summed E-state index contributed by atoms with van der Waals surface area (Å²) in [5.74, 6) is 0. The Balaban J connectivity index is 0.000000280. The highest BCUT2D eigenvalue weighted by Gasteiger charge is 2.24. The van der Waals surface area contributed by atoms with E-state index in [0.29, 0.717) is 0 Å². The van der Waals surface area contributed by atoms with Crippen LogP contribution in [0.4, 0.5) is 0 Å². The first-order chi connectivity index (χ1) is 6.71. The summed E-state index contributed by atoms with van der Waals surface area (Å²) >= 11 is 0. The molecule has 0 saturated carbocycles. The fourth-order valence-corrected chi connectivity index (χ4v) is 9.61. The van der Waals surface area contributed by atoms with Crippen molar-refractivity contribution in [1.82, 2.24) is 0 Å². The molecule has 0 amide bonds. The second-order valence-electron chi connectivity index (χ2n) is 5.78. The minimum Gasteiger partial charge on any atom is -0.456 e. The third-order valence-corrected chi connectivity index (χ3v) is 7.35. The van der Waals surface area contributed by atoms with Gasteiger partial charge < -0.3 is 8.54 Å². The highest BCUT2D eigenvalue weighted by atomic mass is 28.4. The van der Waals surface area contributed by atoms with Gasteiger partial charge in [0.1, 0.15) is 0 Å². The monoisotopic (exact) mass is 262 g/mol. The van der Waals surface area contributed by atoms with Crippen LogP contribution in [0, 0.1) is 0 Å². The molecule has 5 heteroatoms. The minimum atomic E-state index is -1.23. The molecule has 0 spiro atoms. The smallest absolute Gasteiger partial charge is 0.229 e. The van der Waals surface area contributed by atoms with Crippen LogP contribution in [0.25, 0.3) is 0 Å². The van der Waals surface area contributed by atoms with E-state index in [2.05, 4.69) is 39.3 Å². The summed E-state index contributed by atoms with van der Waals surface area (Å²) in [4.78, 5) is 0. The summed E-state index contributed by atoms with van der Waals surface area (Å²) in [5, 5.41) is 0. The zero-order valence-corrected chi connectivity index (χ0v) is 14.1. The summed E-state index contributed by atoms with van der Waals surface area (Å²) in [7, 11) is -1.66. The van der Waals surface area contributed by atoms with Gasteiger partial charge in [0.15, 0.2) is 16.6 Å². The maximum atomic E-state index is 5.90. The van der Waals surface area contributed by atoms with Gasteiger partial charge in [-0.25, -0.2) is 0 Å². The fraction of sp³-hybridized carbons (Fsp3) is 1.00. The van der Waals surface area contributed by atoms with E-state index in [1.807, 2.05) is 0 Å². The lowest BCUT2D eigenvalue weighted by atomic mass is 10.4. The Labute approximate surface area is 100.0 Å². The van der Waals surface area contributed by atoms with Crippen molar-refractivity contribution in [3.63, 3.8) is 0 Å². The van der Waals surface area contributed by atoms with Crippen LogP contribution in [0.15, 0.2) is 0 Å². The normalized spacial score (nSPS) is 18.0. The molecule has 1 fully saturated rings. The van der Waals surface area contributed by atoms with Gasteiger partial charge in [-0.15, -0.1) is 0 Å². The van der Waals surface area contributed by atoms with Gasteiger partial charge in [-0.2, -0.15) is 0 Å². The van der Waals surface area contributed by atoms with E-state index in [9.17, 15) is 0 Å². The largest absolute Gasteiger partial charge is 0.456 e. The van der Waals surface area contributed by atoms with Crippen molar-refractivity contribution < 1.29 is 8.54 Å². The van der Waals surface area contributed by atoms with Gasteiger partial charge in [0.25, 0.3) is 0 Å². The summed E-state index contributed by atoms with van der Waals surface area (Å²) in [6.07, 6.45) is 2.67. The van der Waals surface area contributed by atoms with Gasteiger partial charge in [0.2, 0.25) is 9.76 Å². The van der Waals surface area contributed by atoms with E-state index in [4.69, 9.17) is 8.54 Å². The SMILES string of the molecule is C1CC[Si]OC1.C[Si](C)(C)O[Si](C)(C)C. The van der Waals surface area contributed by atoms with E-state index in [1.54, 1.807) is 0 Å². The van der Waals surface area contributed by atoms with Gasteiger partial charge in [-0.3, -0.25) is 0 Å². The van der Waals surface area contributed by atoms with Crippen LogP contribution in [-0.4, -0.2) is 33.0 Å². The Morgan fingerprint density at radius 3 is 1.53 bits per heavy atom. The molecule has 0 bridgehead atoms. The van der Waals surface area contributed by atoms with Crippen molar-refractivity contribution in [2.24, 2.45) is 0 Å². The average molecular weight is 263 g/mol. The molecule has 1 aliphatic heterocycles. The molecular weight excluding hydrogens is 236 g/mol. The second-order valence-corrected chi connectivity index (χ2v) is 16.1. The molecule has 1 saturated heterocycles. The van der Waals surface area contributed by atoms with E-state index in [1.165, 1.54) is 18.9 Å². The Kier molecular flexibility index (Phi) is 7.27. The van der Waals surface area contributed by atoms with E-state index in [0.717, 1.165) is 16.4 Å². The van der Waals surface area contributed by atoms with Crippen molar-refractivity contribution in [3.8, 4) is 0 Å². The van der Waals surface area contributed by atoms with Crippen LogP contribution < -0.4 is 0 Å². The average Bonchev–Trinajstić information content (AvgIpc) is 2.01. The lowest BCUT2D eigenvalue weighted by Gasteiger charge is -2.27. The van der Waals surface area contributed by atoms with E-state index < -0.39 is 16.6 Å². The van der Waals surface area contributed by atoms with E-state index in [-0.39, 0.29) is 0 Å². The number of rotatable bonds is 2. The van der Waals surface area contributed by atoms with Crippen molar-refractivity contribution in [3.05, 3.63) is 0 Å². The van der Waals surface area contributed by atoms with Crippen LogP contribution in [-0.2, 0) is 8.54 Å². The third-order valence-electron chi connectivity index (χ3n) is 1.49. The lowest BCUT2D eigenvalue weighted by molar-refractivity contribution is 0.304. The zero-order chi connectivity index (χ0) is 11.9. The second kappa shape index (κ2) is 7.01. The molecule has 90 valence electrons. The molecule has 1 rings (SSSR count). The zero-order valence-electron chi connectivity index (χ0n) is 11.1. The van der Waals surface area contributed by atoms with Crippen LogP contribution >= 0.6 is 0 Å². The molecule has 15 heavy (non-hydrogen) atoms. The number of hydrogen-bond acceptors (Lipinski definition) is 2. The lowest BCUT2D eigenvalue weighted by Crippen LogP contribution is -2.39. The molecule has 1 heterocycles. The summed E-state index contributed by atoms with van der Waals surface area (Å²) in [6.45, 7) is 14.5. The summed E-state index contributed by atoms with van der Waals surface area (Å²) < 4.78 is 11.0. The molecular formula is C10H26O2Si3. The van der Waals surface area contributed by atoms with Crippen LogP contribution in [0.3, 0.4) is 0 Å². The minimum absolute atomic E-state index is 0.802. The quantitative estimate of drug-likeness (QED) is 0.709. The first-order valence-corrected chi connectivity index (χ1v) is 13.7. The number of hydrogen-bond donors (Lipinski definition) is 0. The van der Waals surface area contributed by atoms with Crippen molar-refractivity contribution >= 4 is 26.4 Å². The van der Waals surface area contributed by atoms with Crippen LogP contribution in [0.1, 0.15) is 12.8 Å². The predicted octanol–water partition coefficient (Wildman–Crippen LogP) is 3.51. The van der Waals surface area contributed by atoms with Gasteiger partial charge in [0.05, 0.1) is 0 Å². The van der Waals surface area contributed by atoms with Crippen LogP contribution in [0.5, 0.6) is 0 Å². The first-order valence-electron chi connectivity index (χ1n) is 5.75. The molecule has 0 N–H and O–H groups in total. The fourth-order valence-electron chi connectivity index (χ4n) is 1.43. The standard InChI is InChI=1S/C6H18OSi2.C4H8OSi/c1-8(2,3)7-9(4,5)6;1-2-4-6-5-3-1/h1-6H3;1-4H2. The van der Waals surface area contributed by atoms with Crippen LogP contribution in [0.2, 0.25) is 45.3 Å². The van der Waals surface area contributed by atoms with Crippen molar-refractivity contribution in [2.75, 3.05) is 6.61 Å². The highest BCUT2D eigenvalue weighted by molar-refractivity contribution is 6.83. The predicted molar refractivity (Wildman–Crippen MR) is 73.5 cm³/mol. The summed E-state index contributed by atoms with van der Waals surface area (Å²) in [5.41, 5.74) is 0. The molecule has 0 aliphatic carbocycles. The molecule has 0 unspecified atom stereocenters. The van der Waals surface area contributed by atoms with Crippen molar-refractivity contribution in [2.45, 2.75) is 58.2 Å². The Morgan fingerprint density at radius 1 is 0.933 bits per heavy atom. The topological polar surface area (TPSA) is 18.5 Å². The van der Waals surface area contributed by atoms with E-state index >= 15 is 0 Å². The highest BCUT2D eigenvalue weighted by Crippen LogP contribution is 2.12. The molecule has 0 aromatic rings. The molecule has 2 radical (unpaired) electrons. The maximum absolute atomic E-state index is 5.90. The first kappa shape index (κ1) is 15.6. The van der Waals surface area contributed by atoms with Gasteiger partial charge >= 0.3 is 0 Å². The molecule has 0 atom stereocenters. The Bertz CT molecular complexity index is 134. The maximum Gasteiger partial charge on any atom is 0.229 e. The molecule has 1 aliphatic rings. The third kappa shape index (κ3) is 14.6. The van der Waals surface area contributed by atoms with Crippen molar-refractivity contribution in [1.29, 1.82) is 0 Å².